The van der Waals surface area contributed by atoms with Crippen molar-refractivity contribution in [2.75, 3.05) is 19.0 Å². The lowest BCUT2D eigenvalue weighted by molar-refractivity contribution is 0.0802. The van der Waals surface area contributed by atoms with Crippen molar-refractivity contribution >= 4 is 22.8 Å². The summed E-state index contributed by atoms with van der Waals surface area (Å²) in [6.07, 6.45) is -0.803. The Hall–Kier alpha value is -2.02. The van der Waals surface area contributed by atoms with Gasteiger partial charge in [0.1, 0.15) is 5.75 Å². The summed E-state index contributed by atoms with van der Waals surface area (Å²) in [4.78, 5) is 4.62. The predicted molar refractivity (Wildman–Crippen MR) is 95.5 cm³/mol. The van der Waals surface area contributed by atoms with E-state index in [9.17, 15) is 5.11 Å². The van der Waals surface area contributed by atoms with E-state index in [4.69, 9.17) is 9.84 Å². The number of nitrogens with zero attached hydrogens (tertiary/aromatic N) is 2. The van der Waals surface area contributed by atoms with Gasteiger partial charge in [-0.05, 0) is 24.3 Å². The lowest BCUT2D eigenvalue weighted by atomic mass is 10.3. The van der Waals surface area contributed by atoms with Crippen molar-refractivity contribution in [2.24, 2.45) is 0 Å². The molecule has 3 rings (SSSR count). The fourth-order valence-electron chi connectivity index (χ4n) is 2.42. The zero-order valence-electron chi connectivity index (χ0n) is 13.2. The van der Waals surface area contributed by atoms with Gasteiger partial charge < -0.3 is 19.5 Å². The Labute approximate surface area is 144 Å². The Kier molecular flexibility index (Phi) is 5.74. The van der Waals surface area contributed by atoms with E-state index in [1.54, 1.807) is 11.8 Å². The average molecular weight is 344 g/mol. The van der Waals surface area contributed by atoms with Gasteiger partial charge in [0.2, 0.25) is 0 Å². The van der Waals surface area contributed by atoms with E-state index >= 15 is 0 Å². The number of imidazole rings is 1. The predicted octanol–water partition coefficient (Wildman–Crippen LogP) is 2.56. The van der Waals surface area contributed by atoms with Gasteiger partial charge in [-0.25, -0.2) is 4.98 Å². The first-order valence-corrected chi connectivity index (χ1v) is 8.81. The van der Waals surface area contributed by atoms with Crippen LogP contribution in [0.2, 0.25) is 0 Å². The van der Waals surface area contributed by atoms with Crippen molar-refractivity contribution in [2.45, 2.75) is 17.8 Å². The molecule has 0 saturated carbocycles. The normalized spacial score (nSPS) is 12.4. The summed E-state index contributed by atoms with van der Waals surface area (Å²) < 4.78 is 7.64. The molecule has 0 amide bonds. The number of hydrogen-bond acceptors (Lipinski definition) is 5. The maximum atomic E-state index is 9.80. The highest BCUT2D eigenvalue weighted by molar-refractivity contribution is 7.99. The Morgan fingerprint density at radius 2 is 1.83 bits per heavy atom. The maximum absolute atomic E-state index is 9.80. The van der Waals surface area contributed by atoms with Gasteiger partial charge in [-0.2, -0.15) is 0 Å². The lowest BCUT2D eigenvalue weighted by Gasteiger charge is -2.12. The van der Waals surface area contributed by atoms with Crippen LogP contribution < -0.4 is 4.74 Å². The Morgan fingerprint density at radius 1 is 1.08 bits per heavy atom. The van der Waals surface area contributed by atoms with Crippen molar-refractivity contribution in [3.63, 3.8) is 0 Å². The van der Waals surface area contributed by atoms with Crippen LogP contribution >= 0.6 is 11.8 Å². The second kappa shape index (κ2) is 8.19. The van der Waals surface area contributed by atoms with E-state index in [0.717, 1.165) is 27.7 Å². The van der Waals surface area contributed by atoms with Gasteiger partial charge in [0.15, 0.2) is 5.16 Å². The third-order valence-electron chi connectivity index (χ3n) is 3.55. The van der Waals surface area contributed by atoms with Gasteiger partial charge >= 0.3 is 0 Å². The van der Waals surface area contributed by atoms with Crippen LogP contribution in [-0.2, 0) is 6.54 Å². The van der Waals surface area contributed by atoms with Crippen LogP contribution in [0.25, 0.3) is 11.0 Å². The molecule has 6 heteroatoms. The minimum Gasteiger partial charge on any atom is -0.493 e. The number of aliphatic hydroxyl groups is 2. The van der Waals surface area contributed by atoms with Gasteiger partial charge in [-0.3, -0.25) is 0 Å². The molecule has 2 aromatic carbocycles. The molecule has 126 valence electrons. The van der Waals surface area contributed by atoms with Gasteiger partial charge in [0.25, 0.3) is 0 Å². The standard InChI is InChI=1S/C18H20N2O3S/c21-13-14(22)12-20-17-9-5-4-8-16(17)19-18(20)24-11-10-23-15-6-2-1-3-7-15/h1-9,14,21-22H,10-13H2/t14-/m0/s1. The largest absolute Gasteiger partial charge is 0.493 e. The van der Waals surface area contributed by atoms with Crippen molar-refractivity contribution in [1.29, 1.82) is 0 Å². The number of ether oxygens (including phenoxy) is 1. The first-order chi connectivity index (χ1) is 11.8. The summed E-state index contributed by atoms with van der Waals surface area (Å²) in [7, 11) is 0. The molecule has 0 saturated heterocycles. The van der Waals surface area contributed by atoms with Crippen LogP contribution in [0.3, 0.4) is 0 Å². The van der Waals surface area contributed by atoms with Crippen LogP contribution in [0, 0.1) is 0 Å². The molecule has 0 bridgehead atoms. The second-order valence-corrected chi connectivity index (χ2v) is 6.40. The summed E-state index contributed by atoms with van der Waals surface area (Å²) in [6, 6.07) is 17.5. The van der Waals surface area contributed by atoms with E-state index < -0.39 is 6.10 Å². The lowest BCUT2D eigenvalue weighted by Crippen LogP contribution is -2.20. The highest BCUT2D eigenvalue weighted by Gasteiger charge is 2.14. The molecule has 0 aliphatic heterocycles. The van der Waals surface area contributed by atoms with Crippen molar-refractivity contribution in [3.05, 3.63) is 54.6 Å². The summed E-state index contributed by atoms with van der Waals surface area (Å²) in [6.45, 7) is 0.618. The fourth-order valence-corrected chi connectivity index (χ4v) is 3.26. The van der Waals surface area contributed by atoms with Crippen LogP contribution in [-0.4, -0.2) is 44.8 Å². The zero-order chi connectivity index (χ0) is 16.8. The van der Waals surface area contributed by atoms with E-state index in [0.29, 0.717) is 13.2 Å². The first kappa shape index (κ1) is 16.8. The number of fused-ring (bicyclic) bond motifs is 1. The second-order valence-electron chi connectivity index (χ2n) is 5.34. The van der Waals surface area contributed by atoms with Crippen LogP contribution in [0.4, 0.5) is 0 Å². The summed E-state index contributed by atoms with van der Waals surface area (Å²) in [5, 5.41) is 19.7. The highest BCUT2D eigenvalue weighted by Crippen LogP contribution is 2.24. The molecular weight excluding hydrogens is 324 g/mol. The maximum Gasteiger partial charge on any atom is 0.169 e. The van der Waals surface area contributed by atoms with E-state index in [1.807, 2.05) is 59.2 Å². The molecule has 5 nitrogen and oxygen atoms in total. The van der Waals surface area contributed by atoms with Crippen molar-refractivity contribution < 1.29 is 14.9 Å². The number of hydrogen-bond donors (Lipinski definition) is 2. The monoisotopic (exact) mass is 344 g/mol. The van der Waals surface area contributed by atoms with Crippen LogP contribution in [0.1, 0.15) is 0 Å². The molecular formula is C18H20N2O3S. The number of benzene rings is 2. The number of aliphatic hydroxyl groups excluding tert-OH is 2. The molecule has 24 heavy (non-hydrogen) atoms. The van der Waals surface area contributed by atoms with Gasteiger partial charge in [-0.1, -0.05) is 42.1 Å². The summed E-state index contributed by atoms with van der Waals surface area (Å²) in [5.74, 6) is 1.59. The molecule has 1 atom stereocenters. The van der Waals surface area contributed by atoms with Crippen LogP contribution in [0.5, 0.6) is 5.75 Å². The van der Waals surface area contributed by atoms with E-state index in [1.165, 1.54) is 0 Å². The summed E-state index contributed by atoms with van der Waals surface area (Å²) >= 11 is 1.58. The molecule has 1 heterocycles. The molecule has 1 aromatic heterocycles. The number of para-hydroxylation sites is 3. The molecule has 0 unspecified atom stereocenters. The third kappa shape index (κ3) is 4.08. The zero-order valence-corrected chi connectivity index (χ0v) is 14.0. The van der Waals surface area contributed by atoms with Gasteiger partial charge in [0.05, 0.1) is 36.9 Å². The Morgan fingerprint density at radius 3 is 2.62 bits per heavy atom. The highest BCUT2D eigenvalue weighted by atomic mass is 32.2. The average Bonchev–Trinajstić information content (AvgIpc) is 2.97. The number of rotatable bonds is 8. The van der Waals surface area contributed by atoms with E-state index in [-0.39, 0.29) is 6.61 Å². The smallest absolute Gasteiger partial charge is 0.169 e. The molecule has 0 aliphatic rings. The number of thioether (sulfide) groups is 1. The quantitative estimate of drug-likeness (QED) is 0.486. The molecule has 2 N–H and O–H groups in total. The third-order valence-corrected chi connectivity index (χ3v) is 4.49. The SMILES string of the molecule is OC[C@@H](O)Cn1c(SCCOc2ccccc2)nc2ccccc21. The molecule has 0 aliphatic carbocycles. The summed E-state index contributed by atoms with van der Waals surface area (Å²) in [5.41, 5.74) is 1.84. The topological polar surface area (TPSA) is 67.5 Å². The van der Waals surface area contributed by atoms with Gasteiger partial charge in [0, 0.05) is 5.75 Å². The van der Waals surface area contributed by atoms with Gasteiger partial charge in [-0.15, -0.1) is 0 Å². The molecule has 3 aromatic rings. The number of aromatic nitrogens is 2. The molecule has 0 fully saturated rings. The minimum absolute atomic E-state index is 0.270. The molecule has 0 radical (unpaired) electrons. The fraction of sp³-hybridized carbons (Fsp3) is 0.278. The Bertz CT molecular complexity index is 776. The van der Waals surface area contributed by atoms with Crippen LogP contribution in [0.15, 0.2) is 59.8 Å². The minimum atomic E-state index is -0.803. The van der Waals surface area contributed by atoms with Crippen molar-refractivity contribution in [3.8, 4) is 5.75 Å². The molecule has 0 spiro atoms. The van der Waals surface area contributed by atoms with E-state index in [2.05, 4.69) is 4.98 Å². The Balaban J connectivity index is 1.67. The van der Waals surface area contributed by atoms with Crippen molar-refractivity contribution in [1.82, 2.24) is 9.55 Å². The first-order valence-electron chi connectivity index (χ1n) is 7.83.